The highest BCUT2D eigenvalue weighted by Crippen LogP contribution is 2.40. The fraction of sp³-hybridized carbons (Fsp3) is 0.462. The number of aliphatic hydroxyl groups is 1. The van der Waals surface area contributed by atoms with Crippen LogP contribution in [0.4, 0.5) is 32.6 Å². The molecule has 640 valence electrons. The van der Waals surface area contributed by atoms with Gasteiger partial charge >= 0.3 is 12.1 Å². The number of carbonyl (C=O) groups is 3. The number of halogens is 4. The average molecular weight is 1770 g/mol. The number of anilines is 4. The number of piperidine rings is 2. The summed E-state index contributed by atoms with van der Waals surface area (Å²) in [5, 5.41) is 23.4. The fourth-order valence-electron chi connectivity index (χ4n) is 17.6. The topological polar surface area (TPSA) is 323 Å². The first-order valence-corrected chi connectivity index (χ1v) is 44.5. The maximum atomic E-state index is 12.8. The van der Waals surface area contributed by atoms with Crippen LogP contribution in [-0.4, -0.2) is 132 Å². The van der Waals surface area contributed by atoms with Crippen LogP contribution in [0.15, 0.2) is 121 Å². The fourth-order valence-corrected chi connectivity index (χ4v) is 18.8. The summed E-state index contributed by atoms with van der Waals surface area (Å²) in [4.78, 5) is 80.2. The molecule has 13 aromatic rings. The second-order valence-corrected chi connectivity index (χ2v) is 35.5. The van der Waals surface area contributed by atoms with Crippen LogP contribution in [0, 0.1) is 71.1 Å². The number of nitrogen functional groups attached to an aromatic ring is 2. The van der Waals surface area contributed by atoms with Crippen LogP contribution in [0.25, 0.3) is 49.6 Å². The lowest BCUT2D eigenvalue weighted by atomic mass is 9.84. The SMILES string of the molecule is CC(C)(C)OC(=O)N1CCC(C=O)CC1.Cc1cccc(NC(=O)Nc2ccc(-c3nc(C)n4c(CC5CCNCC5)cnc(N)c34)c3ccccc23)c1.Cc1nc(Br)c2c(N)ncc(CC3CCCCC3)n12.Cc1ncc2c(Cl)ncc(C(O)C3CCCCC3)n12.Cc1ncc2c(Cl)ncc(CC3CCCCC3)n12.Cc1ncc2c(Cl)nccn12. The van der Waals surface area contributed by atoms with Crippen molar-refractivity contribution in [3.8, 4) is 11.3 Å². The van der Waals surface area contributed by atoms with Crippen LogP contribution in [0.1, 0.15) is 206 Å². The summed E-state index contributed by atoms with van der Waals surface area (Å²) < 4.78 is 16.3. The molecule has 0 radical (unpaired) electrons. The lowest BCUT2D eigenvalue weighted by molar-refractivity contribution is -0.112. The van der Waals surface area contributed by atoms with Crippen molar-refractivity contribution in [2.45, 2.75) is 215 Å². The summed E-state index contributed by atoms with van der Waals surface area (Å²) in [6.45, 7) is 20.8. The number of aryl methyl sites for hydroxylation is 6. The standard InChI is InChI=1S/C31H33N7O.C14H19BrN4.C14H18ClN3O.C14H18ClN3.C11H19NO3.C7H6ClN3/c1-19-6-5-7-22(16-19)36-31(39)37-27-11-10-26(24-8-3-4-9-25(24)27)28-29-30(32)34-18-23(38(29)20(2)35-28)17-21-12-14-33-15-13-21;1-9-18-13(15)12-14(16)17-8-11(19(9)12)7-10-5-3-2-4-6-10;1-9-16-8-12-14(15)17-7-11(18(9)12)13(19)10-5-3-2-4-6-10;1-10-16-9-13-14(15)17-8-12(18(10)13)7-11-5-3-2-4-6-11;1-11(2,3)15-10(14)12-6-4-9(8-13)5-7-12;1-5-10-4-6-7(8)9-2-3-11(5)6/h3-11,16,18,21,33H,12-15,17H2,1-2H3,(H2,32,34)(H2,36,37,39);8,10H,2-7H2,1H3,(H2,16,17);7-8,10,13,19H,2-6H2,1H3;8-9,11H,2-7H2,1H3;8-9H,4-7H2,1-3H3;2-4H,1H3. The first-order valence-electron chi connectivity index (χ1n) is 42.6. The summed E-state index contributed by atoms with van der Waals surface area (Å²) in [7, 11) is 0. The molecule has 3 amide bonds. The van der Waals surface area contributed by atoms with E-state index in [2.05, 4.69) is 96.0 Å². The number of aliphatic hydroxyl groups excluding tert-OH is 1. The van der Waals surface area contributed by atoms with Gasteiger partial charge in [-0.05, 0) is 202 Å². The van der Waals surface area contributed by atoms with Gasteiger partial charge in [0.25, 0.3) is 0 Å². The molecule has 3 saturated carbocycles. The average Bonchev–Trinajstić information content (AvgIpc) is 1.66. The number of imidazole rings is 5. The van der Waals surface area contributed by atoms with Crippen LogP contribution in [0.5, 0.6) is 0 Å². The van der Waals surface area contributed by atoms with Gasteiger partial charge in [0.2, 0.25) is 0 Å². The molecule has 3 aromatic carbocycles. The zero-order valence-electron chi connectivity index (χ0n) is 70.8. The molecule has 18 rings (SSSR count). The Bertz CT molecular complexity index is 5750. The molecule has 30 heteroatoms. The number of benzene rings is 3. The van der Waals surface area contributed by atoms with Crippen molar-refractivity contribution in [1.29, 1.82) is 0 Å². The van der Waals surface area contributed by atoms with Gasteiger partial charge in [0.1, 0.15) is 84.7 Å². The zero-order chi connectivity index (χ0) is 85.6. The van der Waals surface area contributed by atoms with Gasteiger partial charge < -0.3 is 47.0 Å². The predicted octanol–water partition coefficient (Wildman–Crippen LogP) is 20.1. The number of aromatic nitrogens is 15. The van der Waals surface area contributed by atoms with Crippen molar-refractivity contribution in [2.24, 2.45) is 29.6 Å². The van der Waals surface area contributed by atoms with Gasteiger partial charge in [0.15, 0.2) is 21.3 Å². The van der Waals surface area contributed by atoms with Gasteiger partial charge in [-0.15, -0.1) is 0 Å². The van der Waals surface area contributed by atoms with Gasteiger partial charge in [0.05, 0.1) is 42.3 Å². The molecule has 1 unspecified atom stereocenters. The summed E-state index contributed by atoms with van der Waals surface area (Å²) in [6.07, 6.45) is 42.8. The van der Waals surface area contributed by atoms with E-state index in [1.807, 2.05) is 157 Å². The Labute approximate surface area is 730 Å². The molecule has 1 atom stereocenters. The minimum atomic E-state index is -0.486. The van der Waals surface area contributed by atoms with Gasteiger partial charge in [-0.2, -0.15) is 0 Å². The molecule has 121 heavy (non-hydrogen) atoms. The number of nitrogens with zero attached hydrogens (tertiary/aromatic N) is 16. The van der Waals surface area contributed by atoms with Crippen molar-refractivity contribution in [2.75, 3.05) is 48.3 Å². The number of aldehydes is 1. The second kappa shape index (κ2) is 40.9. The Morgan fingerprint density at radius 2 is 1.10 bits per heavy atom. The monoisotopic (exact) mass is 1760 g/mol. The largest absolute Gasteiger partial charge is 0.444 e. The van der Waals surface area contributed by atoms with Crippen molar-refractivity contribution in [1.82, 2.24) is 82.1 Å². The smallest absolute Gasteiger partial charge is 0.410 e. The first-order chi connectivity index (χ1) is 58.3. The number of nitrogens with one attached hydrogen (secondary N) is 3. The third kappa shape index (κ3) is 22.0. The molecule has 5 fully saturated rings. The lowest BCUT2D eigenvalue weighted by Gasteiger charge is -2.31. The molecule has 10 aromatic heterocycles. The maximum Gasteiger partial charge on any atom is 0.410 e. The molecule has 2 aliphatic heterocycles. The molecular formula is C91H113BrCl3N21O5. The normalized spacial score (nSPS) is 16.1. The number of ether oxygens (including phenoxy) is 1. The number of nitrogens with two attached hydrogens (primary N) is 2. The second-order valence-electron chi connectivity index (χ2n) is 33.7. The van der Waals surface area contributed by atoms with Crippen LogP contribution >= 0.6 is 50.7 Å². The highest BCUT2D eigenvalue weighted by atomic mass is 79.9. The van der Waals surface area contributed by atoms with Gasteiger partial charge in [-0.1, -0.05) is 161 Å². The van der Waals surface area contributed by atoms with E-state index in [1.165, 1.54) is 94.9 Å². The highest BCUT2D eigenvalue weighted by Gasteiger charge is 2.30. The van der Waals surface area contributed by atoms with Crippen LogP contribution in [-0.2, 0) is 28.8 Å². The van der Waals surface area contributed by atoms with E-state index in [-0.39, 0.29) is 18.0 Å². The summed E-state index contributed by atoms with van der Waals surface area (Å²) in [6, 6.07) is 19.4. The number of hydrogen-bond acceptors (Lipinski definition) is 18. The van der Waals surface area contributed by atoms with Crippen LogP contribution < -0.4 is 27.4 Å². The maximum absolute atomic E-state index is 12.8. The Morgan fingerprint density at radius 1 is 0.570 bits per heavy atom. The molecule has 8 N–H and O–H groups in total. The molecular weight excluding hydrogens is 1650 g/mol. The van der Waals surface area contributed by atoms with Crippen molar-refractivity contribution in [3.05, 3.63) is 194 Å². The van der Waals surface area contributed by atoms with Gasteiger partial charge in [-0.25, -0.2) is 59.4 Å². The minimum absolute atomic E-state index is 0.115. The Morgan fingerprint density at radius 3 is 1.71 bits per heavy atom. The number of hydrogen-bond donors (Lipinski definition) is 6. The third-order valence-electron chi connectivity index (χ3n) is 23.8. The minimum Gasteiger partial charge on any atom is -0.444 e. The number of amides is 3. The number of likely N-dealkylation sites (tertiary alicyclic amines) is 1. The molecule has 3 aliphatic carbocycles. The molecule has 5 aliphatic rings. The number of carbonyl (C=O) groups excluding carboxylic acids is 3. The van der Waals surface area contributed by atoms with E-state index < -0.39 is 11.7 Å². The molecule has 26 nitrogen and oxygen atoms in total. The summed E-state index contributed by atoms with van der Waals surface area (Å²) in [5.74, 6) is 8.25. The van der Waals surface area contributed by atoms with Crippen LogP contribution in [0.2, 0.25) is 15.5 Å². The quantitative estimate of drug-likeness (QED) is 0.0619. The molecule has 2 saturated heterocycles. The van der Waals surface area contributed by atoms with E-state index in [1.54, 1.807) is 29.7 Å². The zero-order valence-corrected chi connectivity index (χ0v) is 74.7. The third-order valence-corrected chi connectivity index (χ3v) is 25.2. The van der Waals surface area contributed by atoms with E-state index in [9.17, 15) is 19.5 Å². The van der Waals surface area contributed by atoms with Crippen molar-refractivity contribution in [3.63, 3.8) is 0 Å². The van der Waals surface area contributed by atoms with E-state index in [0.717, 1.165) is 201 Å². The van der Waals surface area contributed by atoms with E-state index >= 15 is 0 Å². The molecule has 0 spiro atoms. The highest BCUT2D eigenvalue weighted by molar-refractivity contribution is 9.10. The molecule has 0 bridgehead atoms. The number of urea groups is 1. The predicted molar refractivity (Wildman–Crippen MR) is 485 cm³/mol. The van der Waals surface area contributed by atoms with E-state index in [0.29, 0.717) is 52.0 Å². The Balaban J connectivity index is 0.000000132. The Hall–Kier alpha value is -9.90. The number of fused-ring (bicyclic) bond motifs is 6. The lowest BCUT2D eigenvalue weighted by Crippen LogP contribution is -2.41. The Kier molecular flexibility index (Phi) is 30.0. The van der Waals surface area contributed by atoms with Gasteiger partial charge in [-0.3, -0.25) is 22.0 Å². The first kappa shape index (κ1) is 88.9. The molecule has 12 heterocycles. The van der Waals surface area contributed by atoms with Crippen molar-refractivity contribution >= 4 is 131 Å². The summed E-state index contributed by atoms with van der Waals surface area (Å²) in [5.41, 5.74) is 25.0. The van der Waals surface area contributed by atoms with Crippen molar-refractivity contribution < 1.29 is 24.2 Å². The van der Waals surface area contributed by atoms with Crippen LogP contribution in [0.3, 0.4) is 0 Å². The number of rotatable bonds is 12. The summed E-state index contributed by atoms with van der Waals surface area (Å²) >= 11 is 21.5. The van der Waals surface area contributed by atoms with E-state index in [4.69, 9.17) is 56.0 Å². The van der Waals surface area contributed by atoms with Gasteiger partial charge in [0, 0.05) is 83.7 Å².